The Bertz CT molecular complexity index is 706. The first-order valence-electron chi connectivity index (χ1n) is 6.72. The molecule has 110 valence electrons. The number of rotatable bonds is 5. The zero-order valence-corrected chi connectivity index (χ0v) is 12.9. The molecule has 0 bridgehead atoms. The zero-order chi connectivity index (χ0) is 14.9. The lowest BCUT2D eigenvalue weighted by Crippen LogP contribution is -2.34. The van der Waals surface area contributed by atoms with Gasteiger partial charge in [-0.1, -0.05) is 13.3 Å². The molecule has 0 amide bonds. The Kier molecular flexibility index (Phi) is 4.06. The van der Waals surface area contributed by atoms with Crippen LogP contribution in [0.3, 0.4) is 0 Å². The van der Waals surface area contributed by atoms with Crippen molar-refractivity contribution in [2.24, 2.45) is 0 Å². The molecular formula is C14H21N3O2S. The molecule has 1 aromatic carbocycles. The summed E-state index contributed by atoms with van der Waals surface area (Å²) < 4.78 is 26.8. The smallest absolute Gasteiger partial charge is 0.245 e. The lowest BCUT2D eigenvalue weighted by atomic mass is 10.2. The quantitative estimate of drug-likeness (QED) is 0.832. The molecule has 2 aromatic rings. The molecule has 20 heavy (non-hydrogen) atoms. The summed E-state index contributed by atoms with van der Waals surface area (Å²) in [5.74, 6) is 0. The number of nitrogens with zero attached hydrogens (tertiary/aromatic N) is 1. The molecule has 6 heteroatoms. The third-order valence-electron chi connectivity index (χ3n) is 3.65. The van der Waals surface area contributed by atoms with Crippen LogP contribution >= 0.6 is 0 Å². The average molecular weight is 295 g/mol. The molecule has 0 fully saturated rings. The fourth-order valence-electron chi connectivity index (χ4n) is 2.32. The van der Waals surface area contributed by atoms with E-state index in [1.165, 1.54) is 10.5 Å². The molecule has 1 aromatic heterocycles. The largest absolute Gasteiger partial charge is 0.399 e. The van der Waals surface area contributed by atoms with Crippen LogP contribution in [0.4, 0.5) is 5.69 Å². The van der Waals surface area contributed by atoms with E-state index in [4.69, 9.17) is 5.73 Å². The van der Waals surface area contributed by atoms with Crippen LogP contribution in [-0.4, -0.2) is 30.8 Å². The summed E-state index contributed by atoms with van der Waals surface area (Å²) in [7, 11) is -1.86. The number of aromatic nitrogens is 1. The van der Waals surface area contributed by atoms with Crippen molar-refractivity contribution in [3.8, 4) is 0 Å². The molecule has 5 nitrogen and oxygen atoms in total. The SMILES string of the molecule is CCCC(C)N(C)S(=O)(=O)c1c[nH]c2cc(N)ccc12. The molecule has 0 saturated carbocycles. The summed E-state index contributed by atoms with van der Waals surface area (Å²) >= 11 is 0. The molecule has 3 N–H and O–H groups in total. The number of nitrogens with one attached hydrogen (secondary N) is 1. The van der Waals surface area contributed by atoms with Gasteiger partial charge in [-0.2, -0.15) is 4.31 Å². The molecule has 1 unspecified atom stereocenters. The van der Waals surface area contributed by atoms with E-state index in [-0.39, 0.29) is 6.04 Å². The molecule has 0 aliphatic rings. The van der Waals surface area contributed by atoms with Gasteiger partial charge in [0.05, 0.1) is 0 Å². The van der Waals surface area contributed by atoms with Gasteiger partial charge in [0, 0.05) is 35.9 Å². The van der Waals surface area contributed by atoms with E-state index in [2.05, 4.69) is 4.98 Å². The highest BCUT2D eigenvalue weighted by Crippen LogP contribution is 2.27. The molecule has 1 heterocycles. The number of H-pyrrole nitrogens is 1. The maximum atomic E-state index is 12.7. The first-order chi connectivity index (χ1) is 9.37. The molecular weight excluding hydrogens is 274 g/mol. The highest BCUT2D eigenvalue weighted by molar-refractivity contribution is 7.89. The third-order valence-corrected chi connectivity index (χ3v) is 5.66. The van der Waals surface area contributed by atoms with Crippen molar-refractivity contribution in [1.29, 1.82) is 0 Å². The standard InChI is InChI=1S/C14H21N3O2S/c1-4-5-10(2)17(3)20(18,19)14-9-16-13-8-11(15)6-7-12(13)14/h6-10,16H,4-5,15H2,1-3H3. The molecule has 2 rings (SSSR count). The number of hydrogen-bond acceptors (Lipinski definition) is 3. The average Bonchev–Trinajstić information content (AvgIpc) is 2.81. The van der Waals surface area contributed by atoms with Crippen molar-refractivity contribution in [2.45, 2.75) is 37.6 Å². The first kappa shape index (κ1) is 14.9. The predicted octanol–water partition coefficient (Wildman–Crippen LogP) is 2.56. The van der Waals surface area contributed by atoms with E-state index in [0.717, 1.165) is 18.4 Å². The van der Waals surface area contributed by atoms with Crippen LogP contribution in [0.25, 0.3) is 10.9 Å². The predicted molar refractivity (Wildman–Crippen MR) is 82.0 cm³/mol. The normalized spacial score (nSPS) is 14.0. The van der Waals surface area contributed by atoms with Crippen LogP contribution in [0, 0.1) is 0 Å². The summed E-state index contributed by atoms with van der Waals surface area (Å²) in [5, 5.41) is 0.676. The van der Waals surface area contributed by atoms with Gasteiger partial charge in [-0.15, -0.1) is 0 Å². The van der Waals surface area contributed by atoms with E-state index in [1.54, 1.807) is 25.2 Å². The lowest BCUT2D eigenvalue weighted by molar-refractivity contribution is 0.369. The number of nitrogen functional groups attached to an aromatic ring is 1. The molecule has 0 aliphatic carbocycles. The number of benzene rings is 1. The van der Waals surface area contributed by atoms with Gasteiger partial charge in [-0.05, 0) is 31.5 Å². The van der Waals surface area contributed by atoms with Crippen LogP contribution in [0.5, 0.6) is 0 Å². The highest BCUT2D eigenvalue weighted by atomic mass is 32.2. The van der Waals surface area contributed by atoms with Gasteiger partial charge in [-0.3, -0.25) is 0 Å². The Hall–Kier alpha value is -1.53. The summed E-state index contributed by atoms with van der Waals surface area (Å²) in [5.41, 5.74) is 7.05. The minimum absolute atomic E-state index is 0.0243. The maximum absolute atomic E-state index is 12.7. The summed E-state index contributed by atoms with van der Waals surface area (Å²) in [6, 6.07) is 5.17. The molecule has 0 saturated heterocycles. The van der Waals surface area contributed by atoms with Crippen LogP contribution in [0.2, 0.25) is 0 Å². The van der Waals surface area contributed by atoms with Crippen LogP contribution in [-0.2, 0) is 10.0 Å². The maximum Gasteiger partial charge on any atom is 0.245 e. The van der Waals surface area contributed by atoms with Gasteiger partial charge in [0.1, 0.15) is 4.90 Å². The van der Waals surface area contributed by atoms with Crippen molar-refractivity contribution < 1.29 is 8.42 Å². The third kappa shape index (κ3) is 2.53. The molecule has 0 aliphatic heterocycles. The van der Waals surface area contributed by atoms with Gasteiger partial charge in [0.25, 0.3) is 0 Å². The van der Waals surface area contributed by atoms with E-state index < -0.39 is 10.0 Å². The van der Waals surface area contributed by atoms with Gasteiger partial charge in [-0.25, -0.2) is 8.42 Å². The topological polar surface area (TPSA) is 79.2 Å². The van der Waals surface area contributed by atoms with Gasteiger partial charge >= 0.3 is 0 Å². The number of sulfonamides is 1. The van der Waals surface area contributed by atoms with Gasteiger partial charge < -0.3 is 10.7 Å². The fourth-order valence-corrected chi connectivity index (χ4v) is 3.88. The zero-order valence-electron chi connectivity index (χ0n) is 12.1. The minimum atomic E-state index is -3.50. The van der Waals surface area contributed by atoms with E-state index >= 15 is 0 Å². The van der Waals surface area contributed by atoms with E-state index in [9.17, 15) is 8.42 Å². The Labute approximate surface area is 119 Å². The first-order valence-corrected chi connectivity index (χ1v) is 8.16. The molecule has 1 atom stereocenters. The van der Waals surface area contributed by atoms with Crippen molar-refractivity contribution in [3.05, 3.63) is 24.4 Å². The number of hydrogen-bond donors (Lipinski definition) is 2. The summed E-state index contributed by atoms with van der Waals surface area (Å²) in [6.45, 7) is 3.97. The second-order valence-corrected chi connectivity index (χ2v) is 7.08. The molecule has 0 spiro atoms. The lowest BCUT2D eigenvalue weighted by Gasteiger charge is -2.23. The van der Waals surface area contributed by atoms with Crippen LogP contribution < -0.4 is 5.73 Å². The number of anilines is 1. The Morgan fingerprint density at radius 3 is 2.75 bits per heavy atom. The highest BCUT2D eigenvalue weighted by Gasteiger charge is 2.27. The Morgan fingerprint density at radius 2 is 2.10 bits per heavy atom. The summed E-state index contributed by atoms with van der Waals surface area (Å²) in [4.78, 5) is 3.28. The molecule has 0 radical (unpaired) electrons. The van der Waals surface area contributed by atoms with Crippen LogP contribution in [0.15, 0.2) is 29.3 Å². The Morgan fingerprint density at radius 1 is 1.40 bits per heavy atom. The number of fused-ring (bicyclic) bond motifs is 1. The minimum Gasteiger partial charge on any atom is -0.399 e. The summed E-state index contributed by atoms with van der Waals surface area (Å²) in [6.07, 6.45) is 3.32. The second-order valence-electron chi connectivity index (χ2n) is 5.12. The van der Waals surface area contributed by atoms with E-state index in [0.29, 0.717) is 16.0 Å². The van der Waals surface area contributed by atoms with Crippen molar-refractivity contribution >= 4 is 26.6 Å². The van der Waals surface area contributed by atoms with Gasteiger partial charge in [0.2, 0.25) is 10.0 Å². The van der Waals surface area contributed by atoms with Crippen molar-refractivity contribution in [2.75, 3.05) is 12.8 Å². The second kappa shape index (κ2) is 5.46. The fraction of sp³-hybridized carbons (Fsp3) is 0.429. The van der Waals surface area contributed by atoms with Crippen molar-refractivity contribution in [1.82, 2.24) is 9.29 Å². The monoisotopic (exact) mass is 295 g/mol. The van der Waals surface area contributed by atoms with E-state index in [1.807, 2.05) is 13.8 Å². The number of aromatic amines is 1. The van der Waals surface area contributed by atoms with Crippen molar-refractivity contribution in [3.63, 3.8) is 0 Å². The van der Waals surface area contributed by atoms with Crippen LogP contribution in [0.1, 0.15) is 26.7 Å². The number of nitrogens with two attached hydrogens (primary N) is 1. The van der Waals surface area contributed by atoms with Gasteiger partial charge in [0.15, 0.2) is 0 Å². The Balaban J connectivity index is 2.47.